The Balaban J connectivity index is 1.28. The summed E-state index contributed by atoms with van der Waals surface area (Å²) in [7, 11) is 0. The van der Waals surface area contributed by atoms with Gasteiger partial charge in [0.05, 0.1) is 12.6 Å². The fourth-order valence-electron chi connectivity index (χ4n) is 4.69. The Bertz CT molecular complexity index is 929. The number of rotatable bonds is 3. The monoisotopic (exact) mass is 361 g/mol. The van der Waals surface area contributed by atoms with Gasteiger partial charge in [-0.25, -0.2) is 0 Å². The van der Waals surface area contributed by atoms with Crippen molar-refractivity contribution in [1.82, 2.24) is 15.1 Å². The van der Waals surface area contributed by atoms with E-state index in [0.29, 0.717) is 18.3 Å². The van der Waals surface area contributed by atoms with E-state index in [1.807, 2.05) is 30.3 Å². The number of nitrogens with zero attached hydrogens (tertiary/aromatic N) is 3. The summed E-state index contributed by atoms with van der Waals surface area (Å²) in [6.45, 7) is 2.51. The number of aliphatic hydroxyl groups excluding tert-OH is 1. The van der Waals surface area contributed by atoms with Crippen LogP contribution in [0.4, 0.5) is 0 Å². The molecule has 1 aliphatic carbocycles. The Hall–Kier alpha value is -2.50. The van der Waals surface area contributed by atoms with Gasteiger partial charge in [-0.1, -0.05) is 42.5 Å². The molecule has 2 aliphatic rings. The van der Waals surface area contributed by atoms with Gasteiger partial charge in [0, 0.05) is 11.0 Å². The highest BCUT2D eigenvalue weighted by molar-refractivity contribution is 5.51. The van der Waals surface area contributed by atoms with Crippen LogP contribution in [0, 0.1) is 0 Å². The Morgan fingerprint density at radius 3 is 2.56 bits per heavy atom. The first kappa shape index (κ1) is 16.7. The summed E-state index contributed by atoms with van der Waals surface area (Å²) < 4.78 is 5.85. The van der Waals surface area contributed by atoms with Crippen molar-refractivity contribution in [2.75, 3.05) is 13.1 Å². The number of piperidine rings is 1. The van der Waals surface area contributed by atoms with Crippen molar-refractivity contribution >= 4 is 0 Å². The molecule has 2 aromatic carbocycles. The Morgan fingerprint density at radius 2 is 1.74 bits per heavy atom. The summed E-state index contributed by atoms with van der Waals surface area (Å²) in [5.74, 6) is 1.22. The molecule has 1 aromatic heterocycles. The summed E-state index contributed by atoms with van der Waals surface area (Å²) in [6, 6.07) is 18.4. The van der Waals surface area contributed by atoms with E-state index in [1.54, 1.807) is 0 Å². The first-order valence-corrected chi connectivity index (χ1v) is 9.61. The molecule has 1 aliphatic heterocycles. The van der Waals surface area contributed by atoms with Gasteiger partial charge in [-0.05, 0) is 55.6 Å². The lowest BCUT2D eigenvalue weighted by atomic mass is 9.72. The molecule has 0 radical (unpaired) electrons. The fraction of sp³-hybridized carbons (Fsp3) is 0.364. The molecular formula is C22H23N3O2. The van der Waals surface area contributed by atoms with Crippen LogP contribution in [0.5, 0.6) is 0 Å². The Labute approximate surface area is 158 Å². The molecule has 1 spiro atoms. The van der Waals surface area contributed by atoms with Crippen LogP contribution in [0.25, 0.3) is 11.5 Å². The summed E-state index contributed by atoms with van der Waals surface area (Å²) in [5.41, 5.74) is 3.51. The lowest BCUT2D eigenvalue weighted by Gasteiger charge is -2.41. The highest BCUT2D eigenvalue weighted by Crippen LogP contribution is 2.46. The van der Waals surface area contributed by atoms with Crippen molar-refractivity contribution < 1.29 is 9.52 Å². The zero-order valence-corrected chi connectivity index (χ0v) is 15.2. The Morgan fingerprint density at radius 1 is 1.00 bits per heavy atom. The zero-order valence-electron chi connectivity index (χ0n) is 15.2. The van der Waals surface area contributed by atoms with Crippen molar-refractivity contribution in [2.45, 2.75) is 37.3 Å². The number of hydrogen-bond donors (Lipinski definition) is 1. The van der Waals surface area contributed by atoms with E-state index in [1.165, 1.54) is 11.1 Å². The molecule has 2 heterocycles. The average Bonchev–Trinajstić information content (AvgIpc) is 3.28. The standard InChI is InChI=1S/C22H23N3O2/c26-19-14-17-8-4-5-9-18(17)22(19)10-12-25(13-11-22)15-20-23-24-21(27-20)16-6-2-1-3-7-16/h1-9,19,26H,10-15H2. The van der Waals surface area contributed by atoms with Crippen LogP contribution in [-0.2, 0) is 18.4 Å². The highest BCUT2D eigenvalue weighted by atomic mass is 16.4. The normalized spacial score (nSPS) is 21.4. The van der Waals surface area contributed by atoms with Crippen LogP contribution in [0.15, 0.2) is 59.0 Å². The number of hydrogen-bond acceptors (Lipinski definition) is 5. The summed E-state index contributed by atoms with van der Waals surface area (Å²) in [4.78, 5) is 2.35. The van der Waals surface area contributed by atoms with Crippen molar-refractivity contribution in [3.63, 3.8) is 0 Å². The van der Waals surface area contributed by atoms with E-state index in [0.717, 1.165) is 37.9 Å². The Kier molecular flexibility index (Phi) is 4.06. The lowest BCUT2D eigenvalue weighted by molar-refractivity contribution is 0.0392. The van der Waals surface area contributed by atoms with E-state index >= 15 is 0 Å². The molecule has 0 bridgehead atoms. The van der Waals surface area contributed by atoms with Crippen LogP contribution in [0.2, 0.25) is 0 Å². The topological polar surface area (TPSA) is 62.4 Å². The first-order chi connectivity index (χ1) is 13.2. The minimum absolute atomic E-state index is 0.0862. The smallest absolute Gasteiger partial charge is 0.247 e. The quantitative estimate of drug-likeness (QED) is 0.776. The second kappa shape index (κ2) is 6.59. The van der Waals surface area contributed by atoms with Gasteiger partial charge in [0.1, 0.15) is 0 Å². The number of likely N-dealkylation sites (tertiary alicyclic amines) is 1. The van der Waals surface area contributed by atoms with E-state index in [2.05, 4.69) is 39.4 Å². The van der Waals surface area contributed by atoms with Crippen molar-refractivity contribution in [3.05, 3.63) is 71.6 Å². The van der Waals surface area contributed by atoms with Gasteiger partial charge in [0.25, 0.3) is 0 Å². The van der Waals surface area contributed by atoms with Crippen LogP contribution in [-0.4, -0.2) is 39.4 Å². The van der Waals surface area contributed by atoms with E-state index in [4.69, 9.17) is 4.42 Å². The zero-order chi connectivity index (χ0) is 18.3. The molecule has 1 saturated heterocycles. The van der Waals surface area contributed by atoms with Gasteiger partial charge in [0.15, 0.2) is 0 Å². The minimum Gasteiger partial charge on any atom is -0.419 e. The molecule has 1 N–H and O–H groups in total. The van der Waals surface area contributed by atoms with E-state index < -0.39 is 0 Å². The first-order valence-electron chi connectivity index (χ1n) is 9.61. The van der Waals surface area contributed by atoms with Gasteiger partial charge in [-0.3, -0.25) is 4.90 Å². The van der Waals surface area contributed by atoms with Crippen LogP contribution >= 0.6 is 0 Å². The fourth-order valence-corrected chi connectivity index (χ4v) is 4.69. The summed E-state index contributed by atoms with van der Waals surface area (Å²) in [5, 5.41) is 19.2. The van der Waals surface area contributed by atoms with Crippen molar-refractivity contribution in [3.8, 4) is 11.5 Å². The highest BCUT2D eigenvalue weighted by Gasteiger charge is 2.47. The summed E-state index contributed by atoms with van der Waals surface area (Å²) >= 11 is 0. The number of aliphatic hydroxyl groups is 1. The molecular weight excluding hydrogens is 338 g/mol. The van der Waals surface area contributed by atoms with Gasteiger partial charge in [-0.15, -0.1) is 10.2 Å². The molecule has 3 aromatic rings. The number of benzene rings is 2. The molecule has 5 nitrogen and oxygen atoms in total. The maximum Gasteiger partial charge on any atom is 0.247 e. The SMILES string of the molecule is OC1Cc2ccccc2C12CCN(Cc1nnc(-c3ccccc3)o1)CC2. The molecule has 1 fully saturated rings. The van der Waals surface area contributed by atoms with Gasteiger partial charge in [-0.2, -0.15) is 0 Å². The third-order valence-corrected chi connectivity index (χ3v) is 6.20. The largest absolute Gasteiger partial charge is 0.419 e. The molecule has 138 valence electrons. The predicted octanol–water partition coefficient (Wildman–Crippen LogP) is 3.19. The van der Waals surface area contributed by atoms with Crippen molar-refractivity contribution in [2.24, 2.45) is 0 Å². The van der Waals surface area contributed by atoms with Gasteiger partial charge >= 0.3 is 0 Å². The molecule has 1 unspecified atom stereocenters. The van der Waals surface area contributed by atoms with Crippen LogP contribution < -0.4 is 0 Å². The molecule has 0 amide bonds. The molecule has 0 saturated carbocycles. The molecule has 5 rings (SSSR count). The minimum atomic E-state index is -0.273. The second-order valence-electron chi connectivity index (χ2n) is 7.68. The predicted molar refractivity (Wildman–Crippen MR) is 102 cm³/mol. The van der Waals surface area contributed by atoms with Crippen LogP contribution in [0.1, 0.15) is 29.9 Å². The molecule has 27 heavy (non-hydrogen) atoms. The van der Waals surface area contributed by atoms with E-state index in [-0.39, 0.29) is 11.5 Å². The van der Waals surface area contributed by atoms with E-state index in [9.17, 15) is 5.11 Å². The summed E-state index contributed by atoms with van der Waals surface area (Å²) in [6.07, 6.45) is 2.43. The third kappa shape index (κ3) is 2.87. The number of aromatic nitrogens is 2. The molecule has 5 heteroatoms. The maximum atomic E-state index is 10.8. The maximum absolute atomic E-state index is 10.8. The average molecular weight is 361 g/mol. The van der Waals surface area contributed by atoms with Gasteiger partial charge in [0.2, 0.25) is 11.8 Å². The molecule has 1 atom stereocenters. The second-order valence-corrected chi connectivity index (χ2v) is 7.68. The van der Waals surface area contributed by atoms with Gasteiger partial charge < -0.3 is 9.52 Å². The lowest BCUT2D eigenvalue weighted by Crippen LogP contribution is -2.47. The van der Waals surface area contributed by atoms with Crippen molar-refractivity contribution in [1.29, 1.82) is 0 Å². The third-order valence-electron chi connectivity index (χ3n) is 6.20. The number of fused-ring (bicyclic) bond motifs is 2. The van der Waals surface area contributed by atoms with Crippen LogP contribution in [0.3, 0.4) is 0 Å².